The Morgan fingerprint density at radius 1 is 1.10 bits per heavy atom. The quantitative estimate of drug-likeness (QED) is 0.628. The zero-order valence-corrected chi connectivity index (χ0v) is 18.2. The van der Waals surface area contributed by atoms with Gasteiger partial charge < -0.3 is 5.32 Å². The first-order valence-corrected chi connectivity index (χ1v) is 11.7. The van der Waals surface area contributed by atoms with Crippen LogP contribution in [0.5, 0.6) is 0 Å². The van der Waals surface area contributed by atoms with Crippen molar-refractivity contribution in [1.82, 2.24) is 4.31 Å². The largest absolute Gasteiger partial charge is 0.325 e. The molecule has 5 nitrogen and oxygen atoms in total. The third-order valence-electron chi connectivity index (χ3n) is 5.58. The second-order valence-electron chi connectivity index (χ2n) is 7.63. The molecule has 0 aromatic heterocycles. The van der Waals surface area contributed by atoms with Crippen molar-refractivity contribution in [1.29, 1.82) is 0 Å². The smallest absolute Gasteiger partial charge is 0.243 e. The number of amides is 1. The maximum atomic E-state index is 13.1. The molecule has 1 aliphatic rings. The lowest BCUT2D eigenvalue weighted by molar-refractivity contribution is -0.120. The third-order valence-corrected chi connectivity index (χ3v) is 7.85. The third kappa shape index (κ3) is 4.08. The Morgan fingerprint density at radius 3 is 2.67 bits per heavy atom. The highest BCUT2D eigenvalue weighted by molar-refractivity contribution is 7.89. The molecule has 1 N–H and O–H groups in total. The number of anilines is 1. The molecule has 0 saturated carbocycles. The van der Waals surface area contributed by atoms with Gasteiger partial charge in [-0.25, -0.2) is 8.42 Å². The lowest BCUT2D eigenvalue weighted by Gasteiger charge is -2.31. The Morgan fingerprint density at radius 2 is 1.87 bits per heavy atom. The monoisotopic (exact) mass is 442 g/mol. The SMILES string of the molecule is Cc1ccc(S(=O)(=O)N2CCC[C@@H](C(=O)Nc3cccc4ccccc34)C2)cc1Cl. The van der Waals surface area contributed by atoms with Gasteiger partial charge in [-0.05, 0) is 48.9 Å². The lowest BCUT2D eigenvalue weighted by atomic mass is 9.98. The second kappa shape index (κ2) is 8.38. The summed E-state index contributed by atoms with van der Waals surface area (Å²) < 4.78 is 27.6. The molecule has 3 aromatic carbocycles. The topological polar surface area (TPSA) is 66.5 Å². The number of nitrogens with one attached hydrogen (secondary N) is 1. The van der Waals surface area contributed by atoms with Crippen LogP contribution >= 0.6 is 11.6 Å². The highest BCUT2D eigenvalue weighted by Crippen LogP contribution is 2.28. The summed E-state index contributed by atoms with van der Waals surface area (Å²) in [6.07, 6.45) is 1.28. The van der Waals surface area contributed by atoms with Gasteiger partial charge in [-0.3, -0.25) is 4.79 Å². The Labute approximate surface area is 181 Å². The van der Waals surface area contributed by atoms with E-state index in [2.05, 4.69) is 5.32 Å². The van der Waals surface area contributed by atoms with E-state index in [0.717, 1.165) is 22.0 Å². The maximum Gasteiger partial charge on any atom is 0.243 e. The molecule has 30 heavy (non-hydrogen) atoms. The summed E-state index contributed by atoms with van der Waals surface area (Å²) in [5.74, 6) is -0.568. The minimum absolute atomic E-state index is 0.157. The molecule has 0 radical (unpaired) electrons. The standard InChI is InChI=1S/C23H23ClN2O3S/c1-16-11-12-19(14-21(16)24)30(28,29)26-13-5-8-18(15-26)23(27)25-22-10-4-7-17-6-2-3-9-20(17)22/h2-4,6-7,9-12,14,18H,5,8,13,15H2,1H3,(H,25,27)/t18-/m1/s1. The van der Waals surface area contributed by atoms with Gasteiger partial charge in [-0.2, -0.15) is 4.31 Å². The van der Waals surface area contributed by atoms with Crippen LogP contribution in [-0.2, 0) is 14.8 Å². The molecule has 1 saturated heterocycles. The highest BCUT2D eigenvalue weighted by atomic mass is 35.5. The van der Waals surface area contributed by atoms with Crippen molar-refractivity contribution in [3.63, 3.8) is 0 Å². The van der Waals surface area contributed by atoms with Crippen molar-refractivity contribution < 1.29 is 13.2 Å². The number of nitrogens with zero attached hydrogens (tertiary/aromatic N) is 1. The number of hydrogen-bond acceptors (Lipinski definition) is 3. The van der Waals surface area contributed by atoms with Crippen molar-refractivity contribution in [2.45, 2.75) is 24.7 Å². The average molecular weight is 443 g/mol. The number of hydrogen-bond donors (Lipinski definition) is 1. The van der Waals surface area contributed by atoms with Crippen LogP contribution in [0.15, 0.2) is 65.6 Å². The summed E-state index contributed by atoms with van der Waals surface area (Å²) in [4.78, 5) is 13.1. The van der Waals surface area contributed by atoms with Gasteiger partial charge in [0.25, 0.3) is 0 Å². The summed E-state index contributed by atoms with van der Waals surface area (Å²) in [6, 6.07) is 18.3. The zero-order chi connectivity index (χ0) is 21.3. The van der Waals surface area contributed by atoms with Crippen molar-refractivity contribution in [3.05, 3.63) is 71.2 Å². The number of carbonyl (C=O) groups excluding carboxylic acids is 1. The Bertz CT molecular complexity index is 1200. The molecule has 3 aromatic rings. The molecular formula is C23H23ClN2O3S. The van der Waals surface area contributed by atoms with Gasteiger partial charge in [0.15, 0.2) is 0 Å². The van der Waals surface area contributed by atoms with Crippen molar-refractivity contribution in [3.8, 4) is 0 Å². The Hall–Kier alpha value is -2.41. The molecule has 0 unspecified atom stereocenters. The first-order chi connectivity index (χ1) is 14.4. The van der Waals surface area contributed by atoms with Crippen LogP contribution in [0.4, 0.5) is 5.69 Å². The summed E-state index contributed by atoms with van der Waals surface area (Å²) >= 11 is 6.13. The predicted molar refractivity (Wildman–Crippen MR) is 120 cm³/mol. The van der Waals surface area contributed by atoms with E-state index >= 15 is 0 Å². The van der Waals surface area contributed by atoms with Crippen LogP contribution in [-0.4, -0.2) is 31.7 Å². The molecule has 156 valence electrons. The van der Waals surface area contributed by atoms with Crippen LogP contribution in [0.25, 0.3) is 10.8 Å². The van der Waals surface area contributed by atoms with Crippen LogP contribution in [0.2, 0.25) is 5.02 Å². The van der Waals surface area contributed by atoms with E-state index in [1.165, 1.54) is 10.4 Å². The van der Waals surface area contributed by atoms with Gasteiger partial charge in [-0.1, -0.05) is 54.1 Å². The normalized spacial score (nSPS) is 17.7. The molecule has 4 rings (SSSR count). The number of fused-ring (bicyclic) bond motifs is 1. The summed E-state index contributed by atoms with van der Waals surface area (Å²) in [5, 5.41) is 5.42. The van der Waals surface area contributed by atoms with Gasteiger partial charge >= 0.3 is 0 Å². The predicted octanol–water partition coefficient (Wildman–Crippen LogP) is 4.84. The van der Waals surface area contributed by atoms with Crippen LogP contribution in [0.3, 0.4) is 0 Å². The summed E-state index contributed by atoms with van der Waals surface area (Å²) in [6.45, 7) is 2.38. The lowest BCUT2D eigenvalue weighted by Crippen LogP contribution is -2.43. The molecule has 7 heteroatoms. The fourth-order valence-corrected chi connectivity index (χ4v) is 5.62. The first kappa shape index (κ1) is 20.8. The van der Waals surface area contributed by atoms with E-state index < -0.39 is 15.9 Å². The molecule has 1 heterocycles. The first-order valence-electron chi connectivity index (χ1n) is 9.91. The van der Waals surface area contributed by atoms with E-state index in [0.29, 0.717) is 24.4 Å². The number of carbonyl (C=O) groups is 1. The molecular weight excluding hydrogens is 420 g/mol. The van der Waals surface area contributed by atoms with E-state index in [1.807, 2.05) is 49.4 Å². The highest BCUT2D eigenvalue weighted by Gasteiger charge is 2.33. The van der Waals surface area contributed by atoms with E-state index in [-0.39, 0.29) is 17.3 Å². The molecule has 1 aliphatic heterocycles. The Balaban J connectivity index is 1.53. The van der Waals surface area contributed by atoms with Crippen molar-refractivity contribution >= 4 is 44.0 Å². The average Bonchev–Trinajstić information content (AvgIpc) is 2.76. The summed E-state index contributed by atoms with van der Waals surface area (Å²) in [5.41, 5.74) is 1.56. The minimum Gasteiger partial charge on any atom is -0.325 e. The van der Waals surface area contributed by atoms with E-state index in [9.17, 15) is 13.2 Å². The molecule has 1 amide bonds. The van der Waals surface area contributed by atoms with Gasteiger partial charge in [0.2, 0.25) is 15.9 Å². The molecule has 0 bridgehead atoms. The number of halogens is 1. The summed E-state index contributed by atoms with van der Waals surface area (Å²) in [7, 11) is -3.71. The van der Waals surface area contributed by atoms with Crippen molar-refractivity contribution in [2.24, 2.45) is 5.92 Å². The van der Waals surface area contributed by atoms with Gasteiger partial charge in [0.05, 0.1) is 10.8 Å². The number of aryl methyl sites for hydroxylation is 1. The van der Waals surface area contributed by atoms with Gasteiger partial charge in [0, 0.05) is 29.2 Å². The maximum absolute atomic E-state index is 13.1. The fourth-order valence-electron chi connectivity index (χ4n) is 3.83. The number of sulfonamides is 1. The van der Waals surface area contributed by atoms with Crippen LogP contribution in [0, 0.1) is 12.8 Å². The molecule has 0 aliphatic carbocycles. The van der Waals surface area contributed by atoms with E-state index in [4.69, 9.17) is 11.6 Å². The van der Waals surface area contributed by atoms with Crippen LogP contribution < -0.4 is 5.32 Å². The second-order valence-corrected chi connectivity index (χ2v) is 9.97. The molecule has 0 spiro atoms. The molecule has 1 fully saturated rings. The number of rotatable bonds is 4. The van der Waals surface area contributed by atoms with Crippen LogP contribution in [0.1, 0.15) is 18.4 Å². The molecule has 1 atom stereocenters. The van der Waals surface area contributed by atoms with E-state index in [1.54, 1.807) is 12.1 Å². The zero-order valence-electron chi connectivity index (χ0n) is 16.6. The van der Waals surface area contributed by atoms with Gasteiger partial charge in [0.1, 0.15) is 0 Å². The Kier molecular flexibility index (Phi) is 5.82. The van der Waals surface area contributed by atoms with Crippen molar-refractivity contribution in [2.75, 3.05) is 18.4 Å². The minimum atomic E-state index is -3.71. The fraction of sp³-hybridized carbons (Fsp3) is 0.261. The van der Waals surface area contributed by atoms with Gasteiger partial charge in [-0.15, -0.1) is 0 Å². The number of piperidine rings is 1. The number of benzene rings is 3.